The van der Waals surface area contributed by atoms with E-state index in [0.29, 0.717) is 42.0 Å². The average Bonchev–Trinajstić information content (AvgIpc) is 3.07. The molecule has 7 heteroatoms. The molecule has 1 saturated heterocycles. The monoisotopic (exact) mass is 446 g/mol. The molecule has 0 saturated carbocycles. The molecule has 0 radical (unpaired) electrons. The zero-order valence-corrected chi connectivity index (χ0v) is 18.7. The van der Waals surface area contributed by atoms with Crippen molar-refractivity contribution in [3.05, 3.63) is 71.3 Å². The number of amides is 3. The van der Waals surface area contributed by atoms with Crippen LogP contribution in [0.2, 0.25) is 0 Å². The SMILES string of the molecule is CCCOC(=O)c1ccc(NC(=O)c2cccc(N3C(=O)[C@H]4CC=C(C)C[C@H]4C3=O)c2)cc1. The van der Waals surface area contributed by atoms with Crippen LogP contribution >= 0.6 is 0 Å². The minimum absolute atomic E-state index is 0.208. The number of nitrogens with zero attached hydrogens (tertiary/aromatic N) is 1. The number of hydrogen-bond donors (Lipinski definition) is 1. The van der Waals surface area contributed by atoms with Gasteiger partial charge in [0.1, 0.15) is 0 Å². The predicted molar refractivity (Wildman–Crippen MR) is 124 cm³/mol. The Bertz CT molecular complexity index is 1140. The number of benzene rings is 2. The van der Waals surface area contributed by atoms with Crippen molar-refractivity contribution in [1.29, 1.82) is 0 Å². The first-order valence-corrected chi connectivity index (χ1v) is 11.1. The van der Waals surface area contributed by atoms with Crippen LogP contribution in [0.15, 0.2) is 60.2 Å². The van der Waals surface area contributed by atoms with Crippen molar-refractivity contribution in [2.75, 3.05) is 16.8 Å². The van der Waals surface area contributed by atoms with Gasteiger partial charge in [0.25, 0.3) is 5.91 Å². The highest BCUT2D eigenvalue weighted by Gasteiger charge is 2.48. The Balaban J connectivity index is 1.47. The van der Waals surface area contributed by atoms with E-state index in [0.717, 1.165) is 12.0 Å². The summed E-state index contributed by atoms with van der Waals surface area (Å²) in [4.78, 5) is 51.8. The number of nitrogens with one attached hydrogen (secondary N) is 1. The number of carbonyl (C=O) groups excluding carboxylic acids is 4. The summed E-state index contributed by atoms with van der Waals surface area (Å²) < 4.78 is 5.10. The van der Waals surface area contributed by atoms with E-state index in [1.807, 2.05) is 19.9 Å². The molecule has 33 heavy (non-hydrogen) atoms. The van der Waals surface area contributed by atoms with Gasteiger partial charge < -0.3 is 10.1 Å². The number of hydrogen-bond acceptors (Lipinski definition) is 5. The lowest BCUT2D eigenvalue weighted by molar-refractivity contribution is -0.122. The van der Waals surface area contributed by atoms with Crippen molar-refractivity contribution >= 4 is 35.1 Å². The lowest BCUT2D eigenvalue weighted by Gasteiger charge is -2.18. The van der Waals surface area contributed by atoms with Gasteiger partial charge in [-0.3, -0.25) is 19.3 Å². The Morgan fingerprint density at radius 1 is 1.03 bits per heavy atom. The maximum Gasteiger partial charge on any atom is 0.338 e. The lowest BCUT2D eigenvalue weighted by Crippen LogP contribution is -2.31. The first-order valence-electron chi connectivity index (χ1n) is 11.1. The molecule has 1 N–H and O–H groups in total. The number of carbonyl (C=O) groups is 4. The minimum Gasteiger partial charge on any atom is -0.462 e. The molecule has 1 heterocycles. The van der Waals surface area contributed by atoms with Gasteiger partial charge in [-0.15, -0.1) is 0 Å². The number of allylic oxidation sites excluding steroid dienone is 2. The Morgan fingerprint density at radius 2 is 1.76 bits per heavy atom. The first kappa shape index (κ1) is 22.5. The summed E-state index contributed by atoms with van der Waals surface area (Å²) >= 11 is 0. The van der Waals surface area contributed by atoms with Gasteiger partial charge in [-0.2, -0.15) is 0 Å². The second-order valence-electron chi connectivity index (χ2n) is 8.43. The molecule has 1 aliphatic carbocycles. The Hall–Kier alpha value is -3.74. The largest absolute Gasteiger partial charge is 0.462 e. The van der Waals surface area contributed by atoms with E-state index in [-0.39, 0.29) is 29.6 Å². The molecule has 170 valence electrons. The van der Waals surface area contributed by atoms with Crippen LogP contribution in [0.4, 0.5) is 11.4 Å². The summed E-state index contributed by atoms with van der Waals surface area (Å²) in [6.07, 6.45) is 3.92. The fraction of sp³-hybridized carbons (Fsp3) is 0.308. The maximum atomic E-state index is 13.0. The van der Waals surface area contributed by atoms with Gasteiger partial charge in [-0.05, 0) is 68.7 Å². The van der Waals surface area contributed by atoms with Crippen LogP contribution in [0, 0.1) is 11.8 Å². The summed E-state index contributed by atoms with van der Waals surface area (Å²) in [6, 6.07) is 12.9. The van der Waals surface area contributed by atoms with E-state index >= 15 is 0 Å². The van der Waals surface area contributed by atoms with E-state index in [4.69, 9.17) is 4.74 Å². The number of fused-ring (bicyclic) bond motifs is 1. The Kier molecular flexibility index (Phi) is 6.40. The molecule has 1 fully saturated rings. The molecule has 0 unspecified atom stereocenters. The van der Waals surface area contributed by atoms with E-state index in [2.05, 4.69) is 5.32 Å². The fourth-order valence-electron chi connectivity index (χ4n) is 4.25. The third-order valence-corrected chi connectivity index (χ3v) is 6.01. The van der Waals surface area contributed by atoms with Crippen molar-refractivity contribution in [2.24, 2.45) is 11.8 Å². The second-order valence-corrected chi connectivity index (χ2v) is 8.43. The van der Waals surface area contributed by atoms with Gasteiger partial charge in [0.2, 0.25) is 11.8 Å². The quantitative estimate of drug-likeness (QED) is 0.405. The summed E-state index contributed by atoms with van der Waals surface area (Å²) in [5.41, 5.74) is 2.76. The van der Waals surface area contributed by atoms with Crippen LogP contribution in [0.3, 0.4) is 0 Å². The van der Waals surface area contributed by atoms with Gasteiger partial charge in [-0.1, -0.05) is 24.6 Å². The first-order chi connectivity index (χ1) is 15.9. The number of ether oxygens (including phenoxy) is 1. The summed E-state index contributed by atoms with van der Waals surface area (Å²) in [5, 5.41) is 2.78. The molecular weight excluding hydrogens is 420 g/mol. The van der Waals surface area contributed by atoms with Crippen LogP contribution in [0.5, 0.6) is 0 Å². The van der Waals surface area contributed by atoms with Gasteiger partial charge in [0.15, 0.2) is 0 Å². The van der Waals surface area contributed by atoms with E-state index in [9.17, 15) is 19.2 Å². The van der Waals surface area contributed by atoms with Gasteiger partial charge in [-0.25, -0.2) is 4.79 Å². The summed E-state index contributed by atoms with van der Waals surface area (Å²) in [5.74, 6) is -1.87. The zero-order chi connectivity index (χ0) is 23.5. The molecule has 2 aromatic carbocycles. The van der Waals surface area contributed by atoms with Crippen LogP contribution in [-0.2, 0) is 14.3 Å². The van der Waals surface area contributed by atoms with Crippen LogP contribution < -0.4 is 10.2 Å². The smallest absolute Gasteiger partial charge is 0.338 e. The van der Waals surface area contributed by atoms with E-state index in [1.165, 1.54) is 4.90 Å². The molecule has 2 aliphatic rings. The number of anilines is 2. The van der Waals surface area contributed by atoms with Crippen molar-refractivity contribution in [3.63, 3.8) is 0 Å². The normalized spacial score (nSPS) is 19.7. The van der Waals surface area contributed by atoms with Gasteiger partial charge in [0, 0.05) is 11.3 Å². The molecule has 2 atom stereocenters. The lowest BCUT2D eigenvalue weighted by atomic mass is 9.82. The molecule has 0 bridgehead atoms. The predicted octanol–water partition coefficient (Wildman–Crippen LogP) is 4.35. The zero-order valence-electron chi connectivity index (χ0n) is 18.7. The Labute approximate surface area is 192 Å². The molecule has 0 spiro atoms. The van der Waals surface area contributed by atoms with Crippen molar-refractivity contribution in [1.82, 2.24) is 0 Å². The van der Waals surface area contributed by atoms with E-state index < -0.39 is 5.97 Å². The summed E-state index contributed by atoms with van der Waals surface area (Å²) in [6.45, 7) is 4.25. The van der Waals surface area contributed by atoms with Crippen molar-refractivity contribution < 1.29 is 23.9 Å². The number of esters is 1. The maximum absolute atomic E-state index is 13.0. The highest BCUT2D eigenvalue weighted by atomic mass is 16.5. The van der Waals surface area contributed by atoms with Crippen LogP contribution in [-0.4, -0.2) is 30.3 Å². The van der Waals surface area contributed by atoms with Gasteiger partial charge >= 0.3 is 5.97 Å². The molecule has 1 aliphatic heterocycles. The average molecular weight is 447 g/mol. The highest BCUT2D eigenvalue weighted by molar-refractivity contribution is 6.22. The topological polar surface area (TPSA) is 92.8 Å². The van der Waals surface area contributed by atoms with E-state index in [1.54, 1.807) is 48.5 Å². The number of imide groups is 1. The minimum atomic E-state index is -0.409. The third-order valence-electron chi connectivity index (χ3n) is 6.01. The Morgan fingerprint density at radius 3 is 2.48 bits per heavy atom. The highest BCUT2D eigenvalue weighted by Crippen LogP contribution is 2.39. The number of rotatable bonds is 6. The fourth-order valence-corrected chi connectivity index (χ4v) is 4.25. The van der Waals surface area contributed by atoms with Crippen LogP contribution in [0.25, 0.3) is 0 Å². The second kappa shape index (κ2) is 9.40. The summed E-state index contributed by atoms with van der Waals surface area (Å²) in [7, 11) is 0. The molecule has 7 nitrogen and oxygen atoms in total. The van der Waals surface area contributed by atoms with Crippen LogP contribution in [0.1, 0.15) is 53.8 Å². The molecule has 4 rings (SSSR count). The van der Waals surface area contributed by atoms with Crippen molar-refractivity contribution in [3.8, 4) is 0 Å². The molecule has 0 aromatic heterocycles. The molecular formula is C26H26N2O5. The third kappa shape index (κ3) is 4.58. The molecule has 2 aromatic rings. The van der Waals surface area contributed by atoms with Crippen molar-refractivity contribution in [2.45, 2.75) is 33.1 Å². The standard InChI is InChI=1S/C26H26N2O5/c1-3-13-33-26(32)17-8-10-19(11-9-17)27-23(29)18-5-4-6-20(15-18)28-24(30)21-12-7-16(2)14-22(21)25(28)31/h4-11,15,21-22H,3,12-14H2,1-2H3,(H,27,29)/t21-,22+/m0/s1. The van der Waals surface area contributed by atoms with Gasteiger partial charge in [0.05, 0.1) is 29.7 Å². The molecule has 3 amide bonds.